The SMILES string of the molecule is O=C(CCl)NC(=O)OCC1=C(C(=O)OC(c2ccccc2)c2ccccc2)N2C(=O)C(NC(=O)Cc3cccs3)[C@H]2SC1. The highest BCUT2D eigenvalue weighted by Crippen LogP contribution is 2.41. The zero-order valence-electron chi connectivity index (χ0n) is 22.6. The van der Waals surface area contributed by atoms with Gasteiger partial charge in [-0.1, -0.05) is 66.7 Å². The molecule has 10 nitrogen and oxygen atoms in total. The van der Waals surface area contributed by atoms with E-state index in [4.69, 9.17) is 21.1 Å². The van der Waals surface area contributed by atoms with Crippen molar-refractivity contribution in [3.05, 3.63) is 105 Å². The Hall–Kier alpha value is -4.13. The first-order valence-corrected chi connectivity index (χ1v) is 15.6. The molecule has 2 aromatic carbocycles. The van der Waals surface area contributed by atoms with Crippen molar-refractivity contribution in [2.45, 2.75) is 23.9 Å². The number of β-lactam (4-membered cyclic amide) rings is 1. The number of amides is 4. The normalized spacial score (nSPS) is 17.5. The molecule has 5 rings (SSSR count). The highest BCUT2D eigenvalue weighted by atomic mass is 35.5. The van der Waals surface area contributed by atoms with Crippen LogP contribution in [0.4, 0.5) is 4.79 Å². The molecule has 43 heavy (non-hydrogen) atoms. The van der Waals surface area contributed by atoms with Gasteiger partial charge in [-0.2, -0.15) is 0 Å². The lowest BCUT2D eigenvalue weighted by molar-refractivity contribution is -0.154. The quantitative estimate of drug-likeness (QED) is 0.195. The van der Waals surface area contributed by atoms with Crippen LogP contribution in [-0.4, -0.2) is 64.3 Å². The number of thioether (sulfide) groups is 1. The van der Waals surface area contributed by atoms with E-state index in [1.165, 1.54) is 28.0 Å². The third-order valence-corrected chi connectivity index (χ3v) is 9.10. The van der Waals surface area contributed by atoms with Crippen LogP contribution in [0.5, 0.6) is 0 Å². The number of hydrogen-bond donors (Lipinski definition) is 2. The molecule has 3 heterocycles. The zero-order chi connectivity index (χ0) is 30.3. The molecule has 0 spiro atoms. The van der Waals surface area contributed by atoms with E-state index >= 15 is 0 Å². The second-order valence-corrected chi connectivity index (χ2v) is 11.9. The maximum atomic E-state index is 13.9. The minimum Gasteiger partial charge on any atom is -0.448 e. The van der Waals surface area contributed by atoms with Crippen LogP contribution in [0.2, 0.25) is 0 Å². The number of benzene rings is 2. The Labute approximate surface area is 260 Å². The molecule has 3 aromatic rings. The summed E-state index contributed by atoms with van der Waals surface area (Å²) in [5, 5.41) is 6.06. The lowest BCUT2D eigenvalue weighted by Gasteiger charge is -2.49. The summed E-state index contributed by atoms with van der Waals surface area (Å²) in [4.78, 5) is 65.8. The van der Waals surface area contributed by atoms with Gasteiger partial charge in [-0.25, -0.2) is 9.59 Å². The number of imide groups is 1. The zero-order valence-corrected chi connectivity index (χ0v) is 25.0. The van der Waals surface area contributed by atoms with Crippen LogP contribution in [0.3, 0.4) is 0 Å². The largest absolute Gasteiger partial charge is 0.448 e. The fourth-order valence-electron chi connectivity index (χ4n) is 4.66. The number of esters is 1. The third kappa shape index (κ3) is 7.10. The van der Waals surface area contributed by atoms with Crippen molar-refractivity contribution in [1.82, 2.24) is 15.5 Å². The van der Waals surface area contributed by atoms with Gasteiger partial charge in [0.1, 0.15) is 29.6 Å². The Morgan fingerprint density at radius 1 is 0.953 bits per heavy atom. The van der Waals surface area contributed by atoms with E-state index in [2.05, 4.69) is 5.32 Å². The summed E-state index contributed by atoms with van der Waals surface area (Å²) in [6, 6.07) is 21.2. The molecular weight excluding hydrogens is 614 g/mol. The molecule has 0 saturated carbocycles. The number of hydrogen-bond acceptors (Lipinski definition) is 9. The number of alkyl halides is 1. The molecule has 1 unspecified atom stereocenters. The first-order valence-electron chi connectivity index (χ1n) is 13.2. The van der Waals surface area contributed by atoms with Gasteiger partial charge in [0.25, 0.3) is 5.91 Å². The minimum absolute atomic E-state index is 0.0640. The number of carbonyl (C=O) groups excluding carboxylic acids is 5. The predicted octanol–water partition coefficient (Wildman–Crippen LogP) is 3.77. The van der Waals surface area contributed by atoms with Crippen LogP contribution in [0.25, 0.3) is 0 Å². The van der Waals surface area contributed by atoms with Crippen LogP contribution in [0, 0.1) is 0 Å². The predicted molar refractivity (Wildman–Crippen MR) is 161 cm³/mol. The molecular formula is C30H26ClN3O7S2. The summed E-state index contributed by atoms with van der Waals surface area (Å²) < 4.78 is 11.2. The first-order chi connectivity index (χ1) is 20.9. The van der Waals surface area contributed by atoms with Crippen molar-refractivity contribution < 1.29 is 33.4 Å². The summed E-state index contributed by atoms with van der Waals surface area (Å²) in [7, 11) is 0. The summed E-state index contributed by atoms with van der Waals surface area (Å²) in [5.74, 6) is -2.57. The van der Waals surface area contributed by atoms with Crippen LogP contribution < -0.4 is 10.6 Å². The molecule has 0 bridgehead atoms. The number of fused-ring (bicyclic) bond motifs is 1. The average Bonchev–Trinajstić information content (AvgIpc) is 3.54. The van der Waals surface area contributed by atoms with Gasteiger partial charge in [0.15, 0.2) is 6.10 Å². The molecule has 2 N–H and O–H groups in total. The van der Waals surface area contributed by atoms with Crippen molar-refractivity contribution in [3.8, 4) is 0 Å². The Balaban J connectivity index is 1.40. The highest BCUT2D eigenvalue weighted by Gasteiger charge is 2.54. The third-order valence-electron chi connectivity index (χ3n) is 6.64. The second kappa shape index (κ2) is 13.9. The topological polar surface area (TPSA) is 131 Å². The van der Waals surface area contributed by atoms with Crippen molar-refractivity contribution in [2.24, 2.45) is 0 Å². The number of nitrogens with one attached hydrogen (secondary N) is 2. The maximum Gasteiger partial charge on any atom is 0.414 e. The van der Waals surface area contributed by atoms with E-state index in [1.807, 2.05) is 83.5 Å². The van der Waals surface area contributed by atoms with E-state index < -0.39 is 47.3 Å². The number of nitrogens with zero attached hydrogens (tertiary/aromatic N) is 1. The molecule has 1 aromatic heterocycles. The van der Waals surface area contributed by atoms with Gasteiger partial charge < -0.3 is 14.8 Å². The fourth-order valence-corrected chi connectivity index (χ4v) is 6.76. The van der Waals surface area contributed by atoms with Crippen molar-refractivity contribution in [2.75, 3.05) is 18.2 Å². The molecule has 222 valence electrons. The van der Waals surface area contributed by atoms with Gasteiger partial charge in [0, 0.05) is 16.2 Å². The van der Waals surface area contributed by atoms with E-state index in [-0.39, 0.29) is 30.4 Å². The smallest absolute Gasteiger partial charge is 0.414 e. The Bertz CT molecular complexity index is 1490. The molecule has 2 aliphatic rings. The van der Waals surface area contributed by atoms with E-state index in [1.54, 1.807) is 0 Å². The average molecular weight is 640 g/mol. The number of halogens is 1. The standard InChI is InChI=1S/C30H26ClN3O7S2/c31-15-23(36)33-30(39)40-16-20-17-43-28-24(32-22(35)14-21-12-7-13-42-21)27(37)34(28)25(20)29(38)41-26(18-8-3-1-4-9-18)19-10-5-2-6-11-19/h1-13,24,26,28H,14-17H2,(H,32,35)(H,33,36,39)/t24?,28-/m1/s1. The monoisotopic (exact) mass is 639 g/mol. The van der Waals surface area contributed by atoms with Crippen molar-refractivity contribution in [1.29, 1.82) is 0 Å². The molecule has 13 heteroatoms. The fraction of sp³-hybridized carbons (Fsp3) is 0.233. The Kier molecular flexibility index (Phi) is 9.80. The summed E-state index contributed by atoms with van der Waals surface area (Å²) >= 11 is 8.19. The van der Waals surface area contributed by atoms with Gasteiger partial charge >= 0.3 is 12.1 Å². The van der Waals surface area contributed by atoms with E-state index in [0.29, 0.717) is 5.57 Å². The second-order valence-electron chi connectivity index (χ2n) is 9.53. The number of rotatable bonds is 10. The molecule has 1 saturated heterocycles. The van der Waals surface area contributed by atoms with E-state index in [9.17, 15) is 24.0 Å². The Morgan fingerprint density at radius 3 is 2.23 bits per heavy atom. The number of alkyl carbamates (subject to hydrolysis) is 1. The van der Waals surface area contributed by atoms with Gasteiger partial charge in [-0.3, -0.25) is 24.6 Å². The van der Waals surface area contributed by atoms with Gasteiger partial charge in [0.05, 0.1) is 6.42 Å². The van der Waals surface area contributed by atoms with Crippen LogP contribution >= 0.6 is 34.7 Å². The lowest BCUT2D eigenvalue weighted by atomic mass is 10.0. The molecule has 2 aliphatic heterocycles. The van der Waals surface area contributed by atoms with Crippen LogP contribution in [0.15, 0.2) is 89.4 Å². The number of carbonyl (C=O) groups is 5. The molecule has 1 fully saturated rings. The molecule has 4 amide bonds. The minimum atomic E-state index is -1.04. The van der Waals surface area contributed by atoms with Gasteiger partial charge in [0.2, 0.25) is 11.8 Å². The number of thiophene rings is 1. The van der Waals surface area contributed by atoms with Crippen LogP contribution in [-0.2, 0) is 35.1 Å². The van der Waals surface area contributed by atoms with Crippen molar-refractivity contribution in [3.63, 3.8) is 0 Å². The lowest BCUT2D eigenvalue weighted by Crippen LogP contribution is -2.70. The summed E-state index contributed by atoms with van der Waals surface area (Å²) in [6.45, 7) is -0.383. The first kappa shape index (κ1) is 30.3. The van der Waals surface area contributed by atoms with Gasteiger partial charge in [-0.05, 0) is 22.6 Å². The summed E-state index contributed by atoms with van der Waals surface area (Å²) in [6.07, 6.45) is -1.70. The highest BCUT2D eigenvalue weighted by molar-refractivity contribution is 8.00. The molecule has 2 atom stereocenters. The van der Waals surface area contributed by atoms with Crippen molar-refractivity contribution >= 4 is 64.5 Å². The molecule has 0 radical (unpaired) electrons. The Morgan fingerprint density at radius 2 is 1.63 bits per heavy atom. The maximum absolute atomic E-state index is 13.9. The van der Waals surface area contributed by atoms with Crippen LogP contribution in [0.1, 0.15) is 22.1 Å². The molecule has 0 aliphatic carbocycles. The van der Waals surface area contributed by atoms with Gasteiger partial charge in [-0.15, -0.1) is 34.7 Å². The number of ether oxygens (including phenoxy) is 2. The van der Waals surface area contributed by atoms with E-state index in [0.717, 1.165) is 16.0 Å². The summed E-state index contributed by atoms with van der Waals surface area (Å²) in [5.41, 5.74) is 1.69.